The zero-order valence-corrected chi connectivity index (χ0v) is 12.1. The molecule has 1 saturated heterocycles. The summed E-state index contributed by atoms with van der Waals surface area (Å²) < 4.78 is 0. The maximum atomic E-state index is 6.63. The normalized spacial score (nSPS) is 30.6. The van der Waals surface area contributed by atoms with Crippen LogP contribution in [0.5, 0.6) is 0 Å². The van der Waals surface area contributed by atoms with E-state index in [0.717, 1.165) is 0 Å². The fraction of sp³-hybridized carbons (Fsp3) is 0.333. The first kappa shape index (κ1) is 13.3. The summed E-state index contributed by atoms with van der Waals surface area (Å²) in [5, 5.41) is 0. The van der Waals surface area contributed by atoms with Crippen molar-refractivity contribution in [1.82, 2.24) is 4.90 Å². The maximum Gasteiger partial charge on any atom is 0.0505 e. The molecule has 2 aromatic carbocycles. The molecule has 0 spiro atoms. The van der Waals surface area contributed by atoms with Gasteiger partial charge in [0.1, 0.15) is 0 Å². The molecule has 104 valence electrons. The molecule has 4 atom stereocenters. The fourth-order valence-corrected chi connectivity index (χ4v) is 3.58. The summed E-state index contributed by atoms with van der Waals surface area (Å²) in [6.07, 6.45) is 0. The van der Waals surface area contributed by atoms with Crippen LogP contribution in [0.4, 0.5) is 0 Å². The molecule has 2 nitrogen and oxygen atoms in total. The van der Waals surface area contributed by atoms with E-state index in [1.54, 1.807) is 0 Å². The highest BCUT2D eigenvalue weighted by atomic mass is 15.2. The van der Waals surface area contributed by atoms with E-state index in [-0.39, 0.29) is 12.1 Å². The maximum absolute atomic E-state index is 6.63. The summed E-state index contributed by atoms with van der Waals surface area (Å²) in [6, 6.07) is 22.1. The molecule has 0 radical (unpaired) electrons. The lowest BCUT2D eigenvalue weighted by Crippen LogP contribution is -2.32. The number of benzene rings is 2. The van der Waals surface area contributed by atoms with Crippen LogP contribution in [0.15, 0.2) is 60.7 Å². The number of rotatable bonds is 2. The molecule has 0 amide bonds. The third kappa shape index (κ3) is 2.15. The monoisotopic (exact) mass is 266 g/mol. The Morgan fingerprint density at radius 2 is 1.35 bits per heavy atom. The zero-order chi connectivity index (χ0) is 14.1. The van der Waals surface area contributed by atoms with Gasteiger partial charge in [0.2, 0.25) is 0 Å². The SMILES string of the molecule is C[C@@H]1[C@H](c2ccccc2)[C@@H](N)[C@H](c2ccccc2)N1C. The van der Waals surface area contributed by atoms with Crippen molar-refractivity contribution < 1.29 is 0 Å². The van der Waals surface area contributed by atoms with Crippen molar-refractivity contribution in [1.29, 1.82) is 0 Å². The third-order valence-corrected chi connectivity index (χ3v) is 4.71. The van der Waals surface area contributed by atoms with Gasteiger partial charge in [0.25, 0.3) is 0 Å². The van der Waals surface area contributed by atoms with Gasteiger partial charge in [-0.25, -0.2) is 0 Å². The van der Waals surface area contributed by atoms with Crippen molar-refractivity contribution in [3.05, 3.63) is 71.8 Å². The van der Waals surface area contributed by atoms with Crippen molar-refractivity contribution in [2.45, 2.75) is 31.0 Å². The van der Waals surface area contributed by atoms with Gasteiger partial charge in [-0.05, 0) is 25.1 Å². The van der Waals surface area contributed by atoms with Gasteiger partial charge in [0, 0.05) is 18.0 Å². The number of likely N-dealkylation sites (N-methyl/N-ethyl adjacent to an activating group) is 1. The van der Waals surface area contributed by atoms with Crippen LogP contribution in [0.2, 0.25) is 0 Å². The standard InChI is InChI=1S/C18H22N2/c1-13-16(14-9-5-3-6-10-14)17(19)18(20(13)2)15-11-7-4-8-12-15/h3-13,16-18H,19H2,1-2H3/t13-,16-,17-,18+/m1/s1. The molecule has 20 heavy (non-hydrogen) atoms. The molecule has 0 aliphatic carbocycles. The van der Waals surface area contributed by atoms with Crippen LogP contribution in [0.3, 0.4) is 0 Å². The average molecular weight is 266 g/mol. The lowest BCUT2D eigenvalue weighted by Gasteiger charge is -2.25. The van der Waals surface area contributed by atoms with Crippen molar-refractivity contribution >= 4 is 0 Å². The van der Waals surface area contributed by atoms with Crippen LogP contribution < -0.4 is 5.73 Å². The lowest BCUT2D eigenvalue weighted by molar-refractivity contribution is 0.247. The minimum Gasteiger partial charge on any atom is -0.325 e. The Morgan fingerprint density at radius 3 is 1.90 bits per heavy atom. The minimum absolute atomic E-state index is 0.125. The van der Waals surface area contributed by atoms with E-state index < -0.39 is 0 Å². The quantitative estimate of drug-likeness (QED) is 0.904. The Bertz CT molecular complexity index is 501. The molecule has 0 saturated carbocycles. The van der Waals surface area contributed by atoms with Crippen LogP contribution in [0, 0.1) is 0 Å². The topological polar surface area (TPSA) is 29.3 Å². The second kappa shape index (κ2) is 5.39. The first-order valence-corrected chi connectivity index (χ1v) is 7.27. The van der Waals surface area contributed by atoms with Crippen molar-refractivity contribution in [3.8, 4) is 0 Å². The molecule has 1 aliphatic rings. The molecule has 0 aromatic heterocycles. The van der Waals surface area contributed by atoms with Crippen LogP contribution >= 0.6 is 0 Å². The number of nitrogens with two attached hydrogens (primary N) is 1. The first-order valence-electron chi connectivity index (χ1n) is 7.27. The van der Waals surface area contributed by atoms with Crippen molar-refractivity contribution in [2.24, 2.45) is 5.73 Å². The predicted molar refractivity (Wildman–Crippen MR) is 83.6 cm³/mol. The van der Waals surface area contributed by atoms with Crippen LogP contribution in [-0.4, -0.2) is 24.0 Å². The summed E-state index contributed by atoms with van der Waals surface area (Å²) in [4.78, 5) is 2.41. The van der Waals surface area contributed by atoms with Gasteiger partial charge in [-0.3, -0.25) is 4.90 Å². The average Bonchev–Trinajstić information content (AvgIpc) is 2.71. The van der Waals surface area contributed by atoms with Gasteiger partial charge in [-0.2, -0.15) is 0 Å². The Balaban J connectivity index is 1.96. The smallest absolute Gasteiger partial charge is 0.0505 e. The Hall–Kier alpha value is -1.64. The predicted octanol–water partition coefficient (Wildman–Crippen LogP) is 3.17. The first-order chi connectivity index (χ1) is 9.70. The van der Waals surface area contributed by atoms with Crippen molar-refractivity contribution in [3.63, 3.8) is 0 Å². The molecule has 1 fully saturated rings. The zero-order valence-electron chi connectivity index (χ0n) is 12.1. The van der Waals surface area contributed by atoms with Gasteiger partial charge in [0.05, 0.1) is 6.04 Å². The summed E-state index contributed by atoms with van der Waals surface area (Å²) in [5.74, 6) is 0.381. The minimum atomic E-state index is 0.125. The fourth-order valence-electron chi connectivity index (χ4n) is 3.58. The highest BCUT2D eigenvalue weighted by Crippen LogP contribution is 2.42. The molecule has 3 rings (SSSR count). The van der Waals surface area contributed by atoms with Crippen LogP contribution in [0.1, 0.15) is 30.0 Å². The van der Waals surface area contributed by atoms with Crippen LogP contribution in [0.25, 0.3) is 0 Å². The van der Waals surface area contributed by atoms with E-state index in [0.29, 0.717) is 12.0 Å². The third-order valence-electron chi connectivity index (χ3n) is 4.71. The molecule has 0 bridgehead atoms. The number of nitrogens with zero attached hydrogens (tertiary/aromatic N) is 1. The summed E-state index contributed by atoms with van der Waals surface area (Å²) >= 11 is 0. The largest absolute Gasteiger partial charge is 0.325 e. The molecule has 2 heteroatoms. The van der Waals surface area contributed by atoms with Gasteiger partial charge >= 0.3 is 0 Å². The number of hydrogen-bond donors (Lipinski definition) is 1. The van der Waals surface area contributed by atoms with E-state index in [1.807, 2.05) is 0 Å². The lowest BCUT2D eigenvalue weighted by atomic mass is 9.86. The van der Waals surface area contributed by atoms with E-state index in [1.165, 1.54) is 11.1 Å². The van der Waals surface area contributed by atoms with Crippen LogP contribution in [-0.2, 0) is 0 Å². The molecular weight excluding hydrogens is 244 g/mol. The summed E-state index contributed by atoms with van der Waals surface area (Å²) in [6.45, 7) is 2.28. The van der Waals surface area contributed by atoms with E-state index in [2.05, 4.69) is 79.5 Å². The Labute approximate surface area is 121 Å². The summed E-state index contributed by atoms with van der Waals surface area (Å²) in [7, 11) is 2.19. The van der Waals surface area contributed by atoms with Crippen molar-refractivity contribution in [2.75, 3.05) is 7.05 Å². The second-order valence-corrected chi connectivity index (χ2v) is 5.78. The molecule has 2 N–H and O–H groups in total. The Morgan fingerprint density at radius 1 is 0.850 bits per heavy atom. The molecular formula is C18H22N2. The van der Waals surface area contributed by atoms with Gasteiger partial charge in [-0.15, -0.1) is 0 Å². The van der Waals surface area contributed by atoms with Gasteiger partial charge in [-0.1, -0.05) is 60.7 Å². The number of likely N-dealkylation sites (tertiary alicyclic amines) is 1. The molecule has 1 aliphatic heterocycles. The highest BCUT2D eigenvalue weighted by molar-refractivity contribution is 5.31. The van der Waals surface area contributed by atoms with E-state index in [9.17, 15) is 0 Å². The number of hydrogen-bond acceptors (Lipinski definition) is 2. The van der Waals surface area contributed by atoms with Gasteiger partial charge < -0.3 is 5.73 Å². The Kier molecular flexibility index (Phi) is 3.60. The second-order valence-electron chi connectivity index (χ2n) is 5.78. The summed E-state index contributed by atoms with van der Waals surface area (Å²) in [5.41, 5.74) is 9.28. The molecule has 1 heterocycles. The van der Waals surface area contributed by atoms with E-state index in [4.69, 9.17) is 5.73 Å². The van der Waals surface area contributed by atoms with E-state index >= 15 is 0 Å². The highest BCUT2D eigenvalue weighted by Gasteiger charge is 2.44. The van der Waals surface area contributed by atoms with Gasteiger partial charge in [0.15, 0.2) is 0 Å². The molecule has 2 aromatic rings. The molecule has 0 unspecified atom stereocenters.